The number of rotatable bonds is 8. The van der Waals surface area contributed by atoms with E-state index in [1.54, 1.807) is 4.90 Å². The summed E-state index contributed by atoms with van der Waals surface area (Å²) in [7, 11) is 0. The van der Waals surface area contributed by atoms with Crippen LogP contribution in [0.2, 0.25) is 0 Å². The van der Waals surface area contributed by atoms with Gasteiger partial charge < -0.3 is 34.2 Å². The second kappa shape index (κ2) is 14.8. The normalized spacial score (nSPS) is 24.7. The summed E-state index contributed by atoms with van der Waals surface area (Å²) < 4.78 is 7.81. The predicted octanol–water partition coefficient (Wildman–Crippen LogP) is 7.90. The van der Waals surface area contributed by atoms with E-state index < -0.39 is 11.0 Å². The van der Waals surface area contributed by atoms with Crippen LogP contribution in [0.4, 0.5) is 16.3 Å². The van der Waals surface area contributed by atoms with Crippen molar-refractivity contribution in [3.63, 3.8) is 0 Å². The van der Waals surface area contributed by atoms with Gasteiger partial charge in [0.2, 0.25) is 11.8 Å². The number of fused-ring (bicyclic) bond motifs is 3. The van der Waals surface area contributed by atoms with E-state index in [9.17, 15) is 9.59 Å². The topological polar surface area (TPSA) is 116 Å². The molecule has 2 saturated carbocycles. The number of nitrogens with zero attached hydrogens (tertiary/aromatic N) is 7. The maximum absolute atomic E-state index is 15.1. The molecular weight excluding hydrogens is 729 g/mol. The maximum atomic E-state index is 15.1. The molecule has 3 saturated heterocycles. The zero-order valence-electron chi connectivity index (χ0n) is 35.7. The first kappa shape index (κ1) is 39.3. The SMILES string of the molecule is CC(C)n1cnc2cc(-c3ccc4c(c3)N(C3CC(N5CCCCC5)C3)C(=O)C43CCN(C(=O)CC4(C)CCN(C(=O)OC(C)(C)C)CC4)CC3)nc(NC3CC3)c21. The molecule has 58 heavy (non-hydrogen) atoms. The maximum Gasteiger partial charge on any atom is 0.410 e. The fourth-order valence-corrected chi connectivity index (χ4v) is 10.4. The number of carbonyl (C=O) groups is 3. The van der Waals surface area contributed by atoms with Gasteiger partial charge in [-0.2, -0.15) is 0 Å². The highest BCUT2D eigenvalue weighted by Crippen LogP contribution is 2.52. The number of imidazole rings is 1. The van der Waals surface area contributed by atoms with Gasteiger partial charge in [-0.05, 0) is 135 Å². The van der Waals surface area contributed by atoms with E-state index in [2.05, 4.69) is 64.7 Å². The molecule has 4 aliphatic heterocycles. The molecule has 0 bridgehead atoms. The van der Waals surface area contributed by atoms with Gasteiger partial charge in [0.25, 0.3) is 0 Å². The van der Waals surface area contributed by atoms with Crippen LogP contribution in [0.3, 0.4) is 0 Å². The molecule has 6 heterocycles. The molecule has 3 aromatic rings. The third-order valence-electron chi connectivity index (χ3n) is 14.3. The zero-order chi connectivity index (χ0) is 40.6. The number of likely N-dealkylation sites (tertiary alicyclic amines) is 3. The summed E-state index contributed by atoms with van der Waals surface area (Å²) in [5.41, 5.74) is 4.62. The van der Waals surface area contributed by atoms with Crippen molar-refractivity contribution < 1.29 is 19.1 Å². The number of carbonyl (C=O) groups excluding carboxylic acids is 3. The number of nitrogens with one attached hydrogen (secondary N) is 1. The minimum Gasteiger partial charge on any atom is -0.444 e. The first-order valence-corrected chi connectivity index (χ1v) is 22.3. The molecular formula is C46H64N8O4. The van der Waals surface area contributed by atoms with Crippen LogP contribution in [-0.4, -0.2) is 110 Å². The van der Waals surface area contributed by atoms with E-state index in [-0.39, 0.29) is 35.4 Å². The first-order chi connectivity index (χ1) is 27.7. The standard InChI is InChI=1S/C46H64N8O4/c1-30(2)53-29-47-37-27-36(49-41(40(37)53)48-32-11-12-32)31-10-13-35-38(24-31)54(34-25-33(26-34)50-18-8-7-9-19-50)42(56)46(35)16-22-51(23-17-46)39(55)28-45(6)14-20-52(21-15-45)43(57)58-44(3,4)5/h10,13,24,27,29-30,32-34H,7-9,11-12,14-23,25-26,28H2,1-6H3,(H,48,49). The number of pyridine rings is 1. The molecule has 1 spiro atoms. The average Bonchev–Trinajstić information content (AvgIpc) is 3.83. The summed E-state index contributed by atoms with van der Waals surface area (Å²) in [4.78, 5) is 60.4. The lowest BCUT2D eigenvalue weighted by molar-refractivity contribution is -0.138. The van der Waals surface area contributed by atoms with Gasteiger partial charge in [0.15, 0.2) is 5.82 Å². The third-order valence-corrected chi connectivity index (χ3v) is 14.3. The summed E-state index contributed by atoms with van der Waals surface area (Å²) in [6.45, 7) is 16.8. The number of piperidine rings is 3. The molecule has 6 aliphatic rings. The molecule has 2 aliphatic carbocycles. The Morgan fingerprint density at radius 1 is 0.914 bits per heavy atom. The molecule has 1 aromatic carbocycles. The van der Waals surface area contributed by atoms with Gasteiger partial charge in [0.1, 0.15) is 11.1 Å². The Morgan fingerprint density at radius 2 is 1.60 bits per heavy atom. The molecule has 312 valence electrons. The van der Waals surface area contributed by atoms with Gasteiger partial charge >= 0.3 is 6.09 Å². The van der Waals surface area contributed by atoms with Gasteiger partial charge in [0, 0.05) is 68.0 Å². The lowest BCUT2D eigenvalue weighted by Gasteiger charge is -2.48. The van der Waals surface area contributed by atoms with Crippen molar-refractivity contribution in [2.24, 2.45) is 5.41 Å². The molecule has 2 aromatic heterocycles. The minimum atomic E-state index is -0.643. The highest BCUT2D eigenvalue weighted by molar-refractivity contribution is 6.09. The lowest BCUT2D eigenvalue weighted by Crippen LogP contribution is -2.58. The molecule has 3 amide bonds. The quantitative estimate of drug-likeness (QED) is 0.245. The van der Waals surface area contributed by atoms with Crippen LogP contribution >= 0.6 is 0 Å². The second-order valence-electron chi connectivity index (χ2n) is 20.1. The molecule has 0 atom stereocenters. The molecule has 0 radical (unpaired) electrons. The van der Waals surface area contributed by atoms with Crippen LogP contribution in [0.25, 0.3) is 22.3 Å². The Morgan fingerprint density at radius 3 is 2.26 bits per heavy atom. The summed E-state index contributed by atoms with van der Waals surface area (Å²) in [5.74, 6) is 1.25. The fraction of sp³-hybridized carbons (Fsp3) is 0.674. The van der Waals surface area contributed by atoms with Gasteiger partial charge in [0.05, 0.1) is 23.0 Å². The van der Waals surface area contributed by atoms with E-state index >= 15 is 4.79 Å². The molecule has 5 fully saturated rings. The fourth-order valence-electron chi connectivity index (χ4n) is 10.4. The third kappa shape index (κ3) is 7.36. The Kier molecular flexibility index (Phi) is 10.0. The number of anilines is 2. The van der Waals surface area contributed by atoms with Crippen molar-refractivity contribution in [1.29, 1.82) is 0 Å². The Bertz CT molecular complexity index is 2050. The average molecular weight is 793 g/mol. The number of ether oxygens (including phenoxy) is 1. The second-order valence-corrected chi connectivity index (χ2v) is 20.1. The van der Waals surface area contributed by atoms with Crippen molar-refractivity contribution in [2.45, 2.75) is 154 Å². The summed E-state index contributed by atoms with van der Waals surface area (Å²) in [5, 5.41) is 3.70. The van der Waals surface area contributed by atoms with E-state index in [0.717, 1.165) is 77.9 Å². The van der Waals surface area contributed by atoms with Gasteiger partial charge in [-0.25, -0.2) is 14.8 Å². The number of amides is 3. The smallest absolute Gasteiger partial charge is 0.410 e. The summed E-state index contributed by atoms with van der Waals surface area (Å²) in [6, 6.07) is 10.1. The first-order valence-electron chi connectivity index (χ1n) is 22.3. The van der Waals surface area contributed by atoms with E-state index in [1.807, 2.05) is 32.0 Å². The highest BCUT2D eigenvalue weighted by Gasteiger charge is 2.56. The highest BCUT2D eigenvalue weighted by atomic mass is 16.6. The van der Waals surface area contributed by atoms with Crippen LogP contribution in [0, 0.1) is 5.41 Å². The Hall–Kier alpha value is -4.19. The van der Waals surface area contributed by atoms with Crippen molar-refractivity contribution in [2.75, 3.05) is 49.5 Å². The molecule has 12 heteroatoms. The summed E-state index contributed by atoms with van der Waals surface area (Å²) >= 11 is 0. The predicted molar refractivity (Wildman–Crippen MR) is 227 cm³/mol. The van der Waals surface area contributed by atoms with Crippen LogP contribution in [0.15, 0.2) is 30.6 Å². The largest absolute Gasteiger partial charge is 0.444 e. The van der Waals surface area contributed by atoms with Crippen LogP contribution in [-0.2, 0) is 19.7 Å². The van der Waals surface area contributed by atoms with E-state index in [1.165, 1.54) is 32.4 Å². The van der Waals surface area contributed by atoms with Gasteiger partial charge in [-0.1, -0.05) is 25.5 Å². The van der Waals surface area contributed by atoms with Gasteiger partial charge in [-0.15, -0.1) is 0 Å². The number of benzene rings is 1. The van der Waals surface area contributed by atoms with E-state index in [4.69, 9.17) is 14.7 Å². The van der Waals surface area contributed by atoms with Crippen molar-refractivity contribution in [1.82, 2.24) is 29.2 Å². The molecule has 9 rings (SSSR count). The minimum absolute atomic E-state index is 0.154. The lowest BCUT2D eigenvalue weighted by atomic mass is 9.72. The molecule has 12 nitrogen and oxygen atoms in total. The Labute approximate surface area is 344 Å². The number of hydrogen-bond donors (Lipinski definition) is 1. The van der Waals surface area contributed by atoms with Gasteiger partial charge in [-0.3, -0.25) is 9.59 Å². The summed E-state index contributed by atoms with van der Waals surface area (Å²) in [6.07, 6.45) is 13.0. The van der Waals surface area contributed by atoms with Crippen LogP contribution < -0.4 is 10.2 Å². The van der Waals surface area contributed by atoms with Crippen LogP contribution in [0.5, 0.6) is 0 Å². The Balaban J connectivity index is 0.954. The zero-order valence-corrected chi connectivity index (χ0v) is 35.7. The molecule has 1 N–H and O–H groups in total. The van der Waals surface area contributed by atoms with Crippen molar-refractivity contribution in [3.05, 3.63) is 36.2 Å². The van der Waals surface area contributed by atoms with Crippen molar-refractivity contribution in [3.8, 4) is 11.3 Å². The molecule has 0 unspecified atom stereocenters. The van der Waals surface area contributed by atoms with Crippen LogP contribution in [0.1, 0.15) is 130 Å². The number of hydrogen-bond acceptors (Lipinski definition) is 8. The monoisotopic (exact) mass is 793 g/mol. The van der Waals surface area contributed by atoms with Crippen molar-refractivity contribution >= 4 is 40.4 Å². The number of aromatic nitrogens is 3. The van der Waals surface area contributed by atoms with E-state index in [0.29, 0.717) is 57.5 Å².